The SMILES string of the molecule is CCN(CC)c1ccc(Nc2ccnc(NCc3ccc4c(c3)OCO4)n2)cc1. The average Bonchev–Trinajstić information content (AvgIpc) is 3.22. The summed E-state index contributed by atoms with van der Waals surface area (Å²) in [7, 11) is 0. The zero-order valence-electron chi connectivity index (χ0n) is 16.7. The highest BCUT2D eigenvalue weighted by Gasteiger charge is 2.13. The second kappa shape index (κ2) is 8.68. The number of rotatable bonds is 8. The normalized spacial score (nSPS) is 11.9. The van der Waals surface area contributed by atoms with Gasteiger partial charge >= 0.3 is 0 Å². The fourth-order valence-electron chi connectivity index (χ4n) is 3.24. The largest absolute Gasteiger partial charge is 0.454 e. The maximum Gasteiger partial charge on any atom is 0.231 e. The van der Waals surface area contributed by atoms with Crippen molar-refractivity contribution in [2.45, 2.75) is 20.4 Å². The van der Waals surface area contributed by atoms with Crippen LogP contribution in [0.2, 0.25) is 0 Å². The lowest BCUT2D eigenvalue weighted by Crippen LogP contribution is -2.21. The van der Waals surface area contributed by atoms with Crippen LogP contribution >= 0.6 is 0 Å². The van der Waals surface area contributed by atoms with Gasteiger partial charge in [0.1, 0.15) is 5.82 Å². The van der Waals surface area contributed by atoms with Gasteiger partial charge in [-0.3, -0.25) is 0 Å². The van der Waals surface area contributed by atoms with Crippen LogP contribution in [-0.2, 0) is 6.54 Å². The van der Waals surface area contributed by atoms with Crippen LogP contribution in [-0.4, -0.2) is 29.9 Å². The summed E-state index contributed by atoms with van der Waals surface area (Å²) >= 11 is 0. The van der Waals surface area contributed by atoms with Crippen LogP contribution in [0.4, 0.5) is 23.1 Å². The summed E-state index contributed by atoms with van der Waals surface area (Å²) in [5, 5.41) is 6.58. The van der Waals surface area contributed by atoms with Gasteiger partial charge < -0.3 is 25.0 Å². The summed E-state index contributed by atoms with van der Waals surface area (Å²) in [5.74, 6) is 2.85. The van der Waals surface area contributed by atoms with Gasteiger partial charge in [-0.25, -0.2) is 4.98 Å². The van der Waals surface area contributed by atoms with Crippen LogP contribution in [0.1, 0.15) is 19.4 Å². The van der Waals surface area contributed by atoms with Crippen LogP contribution < -0.4 is 25.0 Å². The number of hydrogen-bond acceptors (Lipinski definition) is 7. The van der Waals surface area contributed by atoms with Gasteiger partial charge in [0, 0.05) is 37.2 Å². The fourth-order valence-corrected chi connectivity index (χ4v) is 3.24. The first-order chi connectivity index (χ1) is 14.2. The van der Waals surface area contributed by atoms with Crippen LogP contribution in [0.5, 0.6) is 11.5 Å². The molecule has 0 bridgehead atoms. The van der Waals surface area contributed by atoms with Crippen molar-refractivity contribution in [3.63, 3.8) is 0 Å². The molecule has 4 rings (SSSR count). The van der Waals surface area contributed by atoms with E-state index in [1.54, 1.807) is 6.20 Å². The van der Waals surface area contributed by atoms with Gasteiger partial charge in [0.2, 0.25) is 12.7 Å². The van der Waals surface area contributed by atoms with Crippen LogP contribution in [0.25, 0.3) is 0 Å². The molecular formula is C22H25N5O2. The van der Waals surface area contributed by atoms with Crippen molar-refractivity contribution in [3.8, 4) is 11.5 Å². The number of hydrogen-bond donors (Lipinski definition) is 2. The Balaban J connectivity index is 1.38. The maximum absolute atomic E-state index is 5.42. The Morgan fingerprint density at radius 3 is 2.55 bits per heavy atom. The molecule has 0 radical (unpaired) electrons. The van der Waals surface area contributed by atoms with Crippen molar-refractivity contribution in [2.24, 2.45) is 0 Å². The Labute approximate surface area is 170 Å². The first-order valence-electron chi connectivity index (χ1n) is 9.82. The molecule has 0 spiro atoms. The highest BCUT2D eigenvalue weighted by molar-refractivity contribution is 5.61. The number of benzene rings is 2. The predicted octanol–water partition coefficient (Wildman–Crippen LogP) is 4.41. The van der Waals surface area contributed by atoms with Crippen molar-refractivity contribution in [1.82, 2.24) is 9.97 Å². The second-order valence-corrected chi connectivity index (χ2v) is 6.65. The van der Waals surface area contributed by atoms with Crippen molar-refractivity contribution in [2.75, 3.05) is 35.4 Å². The van der Waals surface area contributed by atoms with Crippen LogP contribution in [0.3, 0.4) is 0 Å². The molecule has 2 aromatic carbocycles. The molecule has 0 fully saturated rings. The minimum atomic E-state index is 0.277. The fraction of sp³-hybridized carbons (Fsp3) is 0.273. The predicted molar refractivity (Wildman–Crippen MR) is 115 cm³/mol. The monoisotopic (exact) mass is 391 g/mol. The number of aromatic nitrogens is 2. The van der Waals surface area contributed by atoms with E-state index in [-0.39, 0.29) is 6.79 Å². The number of ether oxygens (including phenoxy) is 2. The lowest BCUT2D eigenvalue weighted by Gasteiger charge is -2.21. The maximum atomic E-state index is 5.42. The molecule has 150 valence electrons. The standard InChI is InChI=1S/C22H25N5O2/c1-3-27(4-2)18-8-6-17(7-9-18)25-21-11-12-23-22(26-21)24-14-16-5-10-19-20(13-16)29-15-28-19/h5-13H,3-4,14-15H2,1-2H3,(H2,23,24,25,26). The Bertz CT molecular complexity index is 958. The van der Waals surface area contributed by atoms with E-state index >= 15 is 0 Å². The van der Waals surface area contributed by atoms with Gasteiger partial charge in [-0.15, -0.1) is 0 Å². The zero-order chi connectivity index (χ0) is 20.1. The Kier molecular flexibility index (Phi) is 5.65. The highest BCUT2D eigenvalue weighted by Crippen LogP contribution is 2.32. The third kappa shape index (κ3) is 4.51. The van der Waals surface area contributed by atoms with E-state index in [1.165, 1.54) is 5.69 Å². The molecule has 0 atom stereocenters. The van der Waals surface area contributed by atoms with Crippen molar-refractivity contribution in [1.29, 1.82) is 0 Å². The summed E-state index contributed by atoms with van der Waals surface area (Å²) in [6, 6.07) is 16.1. The lowest BCUT2D eigenvalue weighted by atomic mass is 10.2. The van der Waals surface area contributed by atoms with E-state index in [2.05, 4.69) is 63.6 Å². The smallest absolute Gasteiger partial charge is 0.231 e. The van der Waals surface area contributed by atoms with E-state index in [0.717, 1.165) is 41.7 Å². The van der Waals surface area contributed by atoms with Gasteiger partial charge in [0.25, 0.3) is 0 Å². The number of anilines is 4. The molecule has 1 aliphatic rings. The average molecular weight is 391 g/mol. The molecule has 29 heavy (non-hydrogen) atoms. The minimum Gasteiger partial charge on any atom is -0.454 e. The quantitative estimate of drug-likeness (QED) is 0.589. The molecule has 2 N–H and O–H groups in total. The molecule has 1 aromatic heterocycles. The summed E-state index contributed by atoms with van der Waals surface area (Å²) in [6.45, 7) is 7.18. The minimum absolute atomic E-state index is 0.277. The van der Waals surface area contributed by atoms with E-state index in [1.807, 2.05) is 24.3 Å². The molecule has 2 heterocycles. The molecular weight excluding hydrogens is 366 g/mol. The topological polar surface area (TPSA) is 71.5 Å². The zero-order valence-corrected chi connectivity index (χ0v) is 16.7. The van der Waals surface area contributed by atoms with Crippen molar-refractivity contribution in [3.05, 3.63) is 60.3 Å². The molecule has 0 saturated carbocycles. The molecule has 0 amide bonds. The molecule has 0 unspecified atom stereocenters. The van der Waals surface area contributed by atoms with Crippen LogP contribution in [0, 0.1) is 0 Å². The third-order valence-electron chi connectivity index (χ3n) is 4.81. The van der Waals surface area contributed by atoms with Gasteiger partial charge in [-0.1, -0.05) is 6.07 Å². The van der Waals surface area contributed by atoms with E-state index in [9.17, 15) is 0 Å². The van der Waals surface area contributed by atoms with Gasteiger partial charge in [-0.2, -0.15) is 4.98 Å². The Morgan fingerprint density at radius 2 is 1.76 bits per heavy atom. The van der Waals surface area contributed by atoms with E-state index in [4.69, 9.17) is 9.47 Å². The first-order valence-corrected chi connectivity index (χ1v) is 9.82. The van der Waals surface area contributed by atoms with Gasteiger partial charge in [0.05, 0.1) is 0 Å². The Morgan fingerprint density at radius 1 is 0.966 bits per heavy atom. The summed E-state index contributed by atoms with van der Waals surface area (Å²) in [4.78, 5) is 11.2. The van der Waals surface area contributed by atoms with Crippen molar-refractivity contribution < 1.29 is 9.47 Å². The summed E-state index contributed by atoms with van der Waals surface area (Å²) < 4.78 is 10.8. The lowest BCUT2D eigenvalue weighted by molar-refractivity contribution is 0.174. The summed E-state index contributed by atoms with van der Waals surface area (Å²) in [5.41, 5.74) is 3.28. The van der Waals surface area contributed by atoms with E-state index < -0.39 is 0 Å². The molecule has 0 saturated heterocycles. The first kappa shape index (κ1) is 18.9. The summed E-state index contributed by atoms with van der Waals surface area (Å²) in [6.07, 6.45) is 1.74. The van der Waals surface area contributed by atoms with Gasteiger partial charge in [-0.05, 0) is 61.9 Å². The number of nitrogens with zero attached hydrogens (tertiary/aromatic N) is 3. The molecule has 1 aliphatic heterocycles. The second-order valence-electron chi connectivity index (χ2n) is 6.65. The van der Waals surface area contributed by atoms with Crippen molar-refractivity contribution >= 4 is 23.1 Å². The van der Waals surface area contributed by atoms with E-state index in [0.29, 0.717) is 12.5 Å². The number of nitrogens with one attached hydrogen (secondary N) is 2. The highest BCUT2D eigenvalue weighted by atomic mass is 16.7. The molecule has 7 nitrogen and oxygen atoms in total. The molecule has 0 aliphatic carbocycles. The third-order valence-corrected chi connectivity index (χ3v) is 4.81. The molecule has 7 heteroatoms. The Hall–Kier alpha value is -3.48. The number of fused-ring (bicyclic) bond motifs is 1. The molecule has 3 aromatic rings. The van der Waals surface area contributed by atoms with Gasteiger partial charge in [0.15, 0.2) is 11.5 Å². The van der Waals surface area contributed by atoms with Crippen LogP contribution in [0.15, 0.2) is 54.7 Å².